The molecular weight excluding hydrogens is 348 g/mol. The summed E-state index contributed by atoms with van der Waals surface area (Å²) in [5.41, 5.74) is 0. The molecule has 3 amide bonds. The van der Waals surface area contributed by atoms with Crippen LogP contribution in [0.1, 0.15) is 38.5 Å². The molecule has 0 unspecified atom stereocenters. The molecule has 25 heavy (non-hydrogen) atoms. The van der Waals surface area contributed by atoms with E-state index in [-0.39, 0.29) is 49.3 Å². The van der Waals surface area contributed by atoms with Gasteiger partial charge in [-0.05, 0) is 25.7 Å². The fourth-order valence-electron chi connectivity index (χ4n) is 3.05. The number of amides is 3. The Morgan fingerprint density at radius 2 is 1.76 bits per heavy atom. The van der Waals surface area contributed by atoms with Crippen molar-refractivity contribution < 1.29 is 19.1 Å². The predicted molar refractivity (Wildman–Crippen MR) is 87.8 cm³/mol. The second-order valence-corrected chi connectivity index (χ2v) is 6.65. The maximum absolute atomic E-state index is 12.0. The zero-order chi connectivity index (χ0) is 17.8. The zero-order valence-corrected chi connectivity index (χ0v) is 14.4. The van der Waals surface area contributed by atoms with E-state index in [2.05, 4.69) is 15.3 Å². The van der Waals surface area contributed by atoms with Gasteiger partial charge in [0.2, 0.25) is 17.7 Å². The van der Waals surface area contributed by atoms with Crippen LogP contribution in [0.15, 0.2) is 12.4 Å². The van der Waals surface area contributed by atoms with Crippen molar-refractivity contribution >= 4 is 29.3 Å². The summed E-state index contributed by atoms with van der Waals surface area (Å²) >= 11 is 5.73. The van der Waals surface area contributed by atoms with Gasteiger partial charge < -0.3 is 10.1 Å². The number of nitrogens with zero attached hydrogens (tertiary/aromatic N) is 3. The molecule has 0 spiro atoms. The minimum Gasteiger partial charge on any atom is -0.460 e. The highest BCUT2D eigenvalue weighted by molar-refractivity contribution is 6.30. The number of hydrogen-bond acceptors (Lipinski definition) is 6. The SMILES string of the molecule is O=C(CN1C(=O)CCC1=O)NC1CCC(Oc2ncc(Cl)cn2)CC1. The van der Waals surface area contributed by atoms with Gasteiger partial charge in [-0.1, -0.05) is 11.6 Å². The standard InChI is InChI=1S/C16H19ClN4O4/c17-10-7-18-16(19-8-10)25-12-3-1-11(2-4-12)20-13(22)9-21-14(23)5-6-15(21)24/h7-8,11-12H,1-6,9H2,(H,20,22). The molecule has 1 saturated carbocycles. The summed E-state index contributed by atoms with van der Waals surface area (Å²) in [7, 11) is 0. The number of likely N-dealkylation sites (tertiary alicyclic amines) is 1. The lowest BCUT2D eigenvalue weighted by molar-refractivity contribution is -0.142. The summed E-state index contributed by atoms with van der Waals surface area (Å²) in [5.74, 6) is -0.852. The summed E-state index contributed by atoms with van der Waals surface area (Å²) < 4.78 is 5.71. The predicted octanol–water partition coefficient (Wildman–Crippen LogP) is 1.09. The van der Waals surface area contributed by atoms with Gasteiger partial charge in [-0.25, -0.2) is 9.97 Å². The lowest BCUT2D eigenvalue weighted by atomic mass is 9.93. The van der Waals surface area contributed by atoms with Crippen LogP contribution in [0.4, 0.5) is 0 Å². The fraction of sp³-hybridized carbons (Fsp3) is 0.562. The molecule has 1 saturated heterocycles. The van der Waals surface area contributed by atoms with Gasteiger partial charge in [0.15, 0.2) is 0 Å². The third kappa shape index (κ3) is 4.66. The van der Waals surface area contributed by atoms with E-state index in [9.17, 15) is 14.4 Å². The normalized spacial score (nSPS) is 23.6. The van der Waals surface area contributed by atoms with E-state index in [1.165, 1.54) is 12.4 Å². The number of carbonyl (C=O) groups excluding carboxylic acids is 3. The molecule has 1 aliphatic heterocycles. The molecular formula is C16H19ClN4O4. The third-order valence-corrected chi connectivity index (χ3v) is 4.56. The number of rotatable bonds is 5. The highest BCUT2D eigenvalue weighted by atomic mass is 35.5. The first-order chi connectivity index (χ1) is 12.0. The molecule has 1 aromatic heterocycles. The van der Waals surface area contributed by atoms with Crippen molar-refractivity contribution in [3.8, 4) is 6.01 Å². The number of aromatic nitrogens is 2. The molecule has 1 aromatic rings. The Hall–Kier alpha value is -2.22. The summed E-state index contributed by atoms with van der Waals surface area (Å²) in [6, 6.07) is 0.314. The highest BCUT2D eigenvalue weighted by Gasteiger charge is 2.31. The third-order valence-electron chi connectivity index (χ3n) is 4.36. The number of carbonyl (C=O) groups is 3. The van der Waals surface area contributed by atoms with Gasteiger partial charge in [0.05, 0.1) is 17.4 Å². The maximum Gasteiger partial charge on any atom is 0.316 e. The molecule has 3 rings (SSSR count). The largest absolute Gasteiger partial charge is 0.460 e. The zero-order valence-electron chi connectivity index (χ0n) is 13.6. The van der Waals surface area contributed by atoms with Crippen LogP contribution in [-0.4, -0.2) is 51.3 Å². The minimum atomic E-state index is -0.297. The lowest BCUT2D eigenvalue weighted by Crippen LogP contribution is -2.45. The first-order valence-corrected chi connectivity index (χ1v) is 8.66. The topological polar surface area (TPSA) is 101 Å². The van der Waals surface area contributed by atoms with Gasteiger partial charge in [0.1, 0.15) is 12.6 Å². The second kappa shape index (κ2) is 7.77. The molecule has 0 bridgehead atoms. The Morgan fingerprint density at radius 1 is 1.16 bits per heavy atom. The number of nitrogens with one attached hydrogen (secondary N) is 1. The first-order valence-electron chi connectivity index (χ1n) is 8.28. The molecule has 134 valence electrons. The second-order valence-electron chi connectivity index (χ2n) is 6.22. The number of imide groups is 1. The Morgan fingerprint density at radius 3 is 2.36 bits per heavy atom. The number of ether oxygens (including phenoxy) is 1. The van der Waals surface area contributed by atoms with Crippen LogP contribution in [0.5, 0.6) is 6.01 Å². The van der Waals surface area contributed by atoms with Gasteiger partial charge >= 0.3 is 6.01 Å². The molecule has 0 aromatic carbocycles. The monoisotopic (exact) mass is 366 g/mol. The summed E-state index contributed by atoms with van der Waals surface area (Å²) in [4.78, 5) is 44.2. The van der Waals surface area contributed by atoms with Crippen LogP contribution in [-0.2, 0) is 14.4 Å². The van der Waals surface area contributed by atoms with Crippen LogP contribution in [0.25, 0.3) is 0 Å². The van der Waals surface area contributed by atoms with Crippen LogP contribution in [0.2, 0.25) is 5.02 Å². The van der Waals surface area contributed by atoms with Crippen LogP contribution in [0.3, 0.4) is 0 Å². The van der Waals surface area contributed by atoms with Crippen molar-refractivity contribution in [2.45, 2.75) is 50.7 Å². The quantitative estimate of drug-likeness (QED) is 0.782. The Labute approximate surface area is 149 Å². The molecule has 0 radical (unpaired) electrons. The van der Waals surface area contributed by atoms with Gasteiger partial charge in [0.25, 0.3) is 0 Å². The maximum atomic E-state index is 12.0. The van der Waals surface area contributed by atoms with Crippen molar-refractivity contribution in [1.82, 2.24) is 20.2 Å². The molecule has 1 aliphatic carbocycles. The van der Waals surface area contributed by atoms with E-state index >= 15 is 0 Å². The van der Waals surface area contributed by atoms with Gasteiger partial charge in [-0.2, -0.15) is 0 Å². The van der Waals surface area contributed by atoms with Crippen molar-refractivity contribution in [3.05, 3.63) is 17.4 Å². The lowest BCUT2D eigenvalue weighted by Gasteiger charge is -2.29. The average molecular weight is 367 g/mol. The van der Waals surface area contributed by atoms with Gasteiger partial charge in [-0.15, -0.1) is 0 Å². The average Bonchev–Trinajstić information content (AvgIpc) is 2.90. The molecule has 9 heteroatoms. The van der Waals surface area contributed by atoms with Crippen LogP contribution >= 0.6 is 11.6 Å². The van der Waals surface area contributed by atoms with E-state index in [0.717, 1.165) is 30.6 Å². The molecule has 2 heterocycles. The van der Waals surface area contributed by atoms with Crippen molar-refractivity contribution in [3.63, 3.8) is 0 Å². The molecule has 2 fully saturated rings. The summed E-state index contributed by atoms with van der Waals surface area (Å²) in [5, 5.41) is 3.34. The molecule has 0 atom stereocenters. The van der Waals surface area contributed by atoms with E-state index in [1.807, 2.05) is 0 Å². The molecule has 2 aliphatic rings. The van der Waals surface area contributed by atoms with E-state index in [1.54, 1.807) is 0 Å². The Balaban J connectivity index is 1.41. The van der Waals surface area contributed by atoms with Gasteiger partial charge in [0, 0.05) is 18.9 Å². The van der Waals surface area contributed by atoms with Crippen LogP contribution < -0.4 is 10.1 Å². The van der Waals surface area contributed by atoms with E-state index < -0.39 is 0 Å². The smallest absolute Gasteiger partial charge is 0.316 e. The number of halogens is 1. The van der Waals surface area contributed by atoms with Crippen molar-refractivity contribution in [2.24, 2.45) is 0 Å². The van der Waals surface area contributed by atoms with Gasteiger partial charge in [-0.3, -0.25) is 19.3 Å². The summed E-state index contributed by atoms with van der Waals surface area (Å²) in [6.45, 7) is -0.188. The Kier molecular flexibility index (Phi) is 5.47. The molecule has 8 nitrogen and oxygen atoms in total. The van der Waals surface area contributed by atoms with E-state index in [0.29, 0.717) is 11.0 Å². The van der Waals surface area contributed by atoms with Crippen LogP contribution in [0, 0.1) is 0 Å². The molecule has 1 N–H and O–H groups in total. The first kappa shape index (κ1) is 17.6. The minimum absolute atomic E-state index is 0.00364. The fourth-order valence-corrected chi connectivity index (χ4v) is 3.15. The Bertz CT molecular complexity index is 643. The van der Waals surface area contributed by atoms with Crippen molar-refractivity contribution in [1.29, 1.82) is 0 Å². The van der Waals surface area contributed by atoms with E-state index in [4.69, 9.17) is 16.3 Å². The number of hydrogen-bond donors (Lipinski definition) is 1. The van der Waals surface area contributed by atoms with Crippen molar-refractivity contribution in [2.75, 3.05) is 6.54 Å². The highest BCUT2D eigenvalue weighted by Crippen LogP contribution is 2.22. The summed E-state index contributed by atoms with van der Waals surface area (Å²) in [6.07, 6.45) is 6.39.